The minimum absolute atomic E-state index is 0.682. The highest BCUT2D eigenvalue weighted by atomic mass is 15.0. The van der Waals surface area contributed by atoms with Crippen LogP contribution < -0.4 is 0 Å². The van der Waals surface area contributed by atoms with Crippen LogP contribution in [0.3, 0.4) is 0 Å². The molecule has 0 bridgehead atoms. The van der Waals surface area contributed by atoms with Gasteiger partial charge in [0.05, 0.1) is 34.0 Å². The smallest absolute Gasteiger partial charge is 0.0992 e. The van der Waals surface area contributed by atoms with Gasteiger partial charge in [-0.3, -0.25) is 0 Å². The number of rotatable bonds is 4. The number of aryl methyl sites for hydroxylation is 1. The second-order valence-corrected chi connectivity index (χ2v) is 12.3. The molecule has 0 radical (unpaired) electrons. The molecule has 220 valence electrons. The van der Waals surface area contributed by atoms with Gasteiger partial charge in [-0.05, 0) is 84.5 Å². The summed E-state index contributed by atoms with van der Waals surface area (Å²) in [6, 6.07) is 41.3. The Labute approximate surface area is 273 Å². The third-order valence-corrected chi connectivity index (χ3v) is 9.65. The number of fused-ring (bicyclic) bond motifs is 6. The number of hydrogen-bond acceptors (Lipinski definition) is 1. The van der Waals surface area contributed by atoms with Crippen molar-refractivity contribution in [2.45, 2.75) is 19.8 Å². The van der Waals surface area contributed by atoms with E-state index in [-0.39, 0.29) is 0 Å². The molecule has 0 unspecified atom stereocenters. The Hall–Kier alpha value is -6.29. The van der Waals surface area contributed by atoms with Crippen molar-refractivity contribution in [3.63, 3.8) is 0 Å². The summed E-state index contributed by atoms with van der Waals surface area (Å²) in [6.07, 6.45) is 10.6. The van der Waals surface area contributed by atoms with Crippen LogP contribution in [0.5, 0.6) is 0 Å². The van der Waals surface area contributed by atoms with Crippen LogP contribution in [-0.4, -0.2) is 9.13 Å². The van der Waals surface area contributed by atoms with Crippen molar-refractivity contribution < 1.29 is 0 Å². The second kappa shape index (κ2) is 10.7. The zero-order valence-electron chi connectivity index (χ0n) is 26.0. The zero-order valence-corrected chi connectivity index (χ0v) is 26.0. The molecule has 0 atom stereocenters. The lowest BCUT2D eigenvalue weighted by molar-refractivity contribution is 0.888. The quantitative estimate of drug-likeness (QED) is 0.185. The molecule has 2 aliphatic rings. The maximum absolute atomic E-state index is 9.61. The number of allylic oxidation sites excluding steroid dienone is 1. The van der Waals surface area contributed by atoms with E-state index >= 15 is 0 Å². The van der Waals surface area contributed by atoms with E-state index in [4.69, 9.17) is 0 Å². The first-order valence-corrected chi connectivity index (χ1v) is 16.1. The van der Waals surface area contributed by atoms with Crippen LogP contribution in [0.1, 0.15) is 40.1 Å². The first-order chi connectivity index (χ1) is 23.2. The average molecular weight is 600 g/mol. The highest BCUT2D eigenvalue weighted by Crippen LogP contribution is 2.39. The maximum atomic E-state index is 9.61. The molecule has 0 N–H and O–H groups in total. The van der Waals surface area contributed by atoms with Crippen molar-refractivity contribution >= 4 is 40.0 Å². The van der Waals surface area contributed by atoms with Crippen LogP contribution in [0.2, 0.25) is 0 Å². The Bertz CT molecular complexity index is 2600. The van der Waals surface area contributed by atoms with Gasteiger partial charge in [-0.1, -0.05) is 96.4 Å². The molecule has 0 aliphatic heterocycles. The monoisotopic (exact) mass is 599 g/mol. The molecule has 2 heterocycles. The molecule has 0 amide bonds. The standard InChI is InChI=1S/C44H29N3/c1-29-26-32(35-10-2-6-14-40(35)47-42-16-8-4-11-36(42)37-12-5-9-17-43(37)47)21-25-34(29)31-19-22-33(23-20-31)46-41-15-7-3-13-38(41)39-24-18-30(28-45)27-44(39)46/h2-4,6,8,10-14,16-27H,7,15H2,1H3. The van der Waals surface area contributed by atoms with Gasteiger partial charge in [0.15, 0.2) is 0 Å². The first-order valence-electron chi connectivity index (χ1n) is 16.1. The second-order valence-electron chi connectivity index (χ2n) is 12.3. The highest BCUT2D eigenvalue weighted by Gasteiger charge is 2.20. The van der Waals surface area contributed by atoms with Crippen molar-refractivity contribution in [3.05, 3.63) is 160 Å². The summed E-state index contributed by atoms with van der Waals surface area (Å²) in [7, 11) is 0. The van der Waals surface area contributed by atoms with Crippen LogP contribution in [0.15, 0.2) is 127 Å². The third-order valence-electron chi connectivity index (χ3n) is 9.65. The summed E-state index contributed by atoms with van der Waals surface area (Å²) >= 11 is 0. The van der Waals surface area contributed by atoms with E-state index in [2.05, 4.69) is 143 Å². The lowest BCUT2D eigenvalue weighted by Gasteiger charge is -2.17. The Morgan fingerprint density at radius 3 is 2.34 bits per heavy atom. The van der Waals surface area contributed by atoms with Crippen LogP contribution in [0.4, 0.5) is 0 Å². The summed E-state index contributed by atoms with van der Waals surface area (Å²) in [4.78, 5) is 0. The normalized spacial score (nSPS) is 12.9. The number of benzene rings is 5. The molecule has 5 aromatic carbocycles. The minimum Gasteiger partial charge on any atom is -0.313 e. The van der Waals surface area contributed by atoms with Gasteiger partial charge in [-0.15, -0.1) is 0 Å². The SMILES string of the molecule is Cc1cc(-c2ccccc2-n2c3c(c4ccccc42)C=C=C=C3)ccc1-c1ccc(-n2c3c(c4ccc(C#N)cc42)C=CCC3)cc1. The third kappa shape index (κ3) is 4.22. The predicted octanol–water partition coefficient (Wildman–Crippen LogP) is 10.8. The van der Waals surface area contributed by atoms with Gasteiger partial charge in [-0.25, -0.2) is 0 Å². The first kappa shape index (κ1) is 27.1. The topological polar surface area (TPSA) is 33.6 Å². The predicted molar refractivity (Wildman–Crippen MR) is 194 cm³/mol. The molecule has 0 saturated heterocycles. The number of para-hydroxylation sites is 2. The molecule has 0 fully saturated rings. The maximum Gasteiger partial charge on any atom is 0.0992 e. The lowest BCUT2D eigenvalue weighted by Crippen LogP contribution is -2.03. The number of nitrogens with zero attached hydrogens (tertiary/aromatic N) is 3. The Balaban J connectivity index is 1.11. The van der Waals surface area contributed by atoms with Crippen molar-refractivity contribution in [3.8, 4) is 39.7 Å². The summed E-state index contributed by atoms with van der Waals surface area (Å²) in [5, 5.41) is 12.0. The molecule has 3 heteroatoms. The highest BCUT2D eigenvalue weighted by molar-refractivity contribution is 5.97. The van der Waals surface area contributed by atoms with Crippen LogP contribution in [-0.2, 0) is 6.42 Å². The van der Waals surface area contributed by atoms with Crippen molar-refractivity contribution in [2.75, 3.05) is 0 Å². The molecular formula is C44H29N3. The Kier molecular flexibility index (Phi) is 6.14. The average Bonchev–Trinajstić information content (AvgIpc) is 3.64. The van der Waals surface area contributed by atoms with Gasteiger partial charge in [0, 0.05) is 44.9 Å². The number of aromatic nitrogens is 2. The van der Waals surface area contributed by atoms with Crippen LogP contribution >= 0.6 is 0 Å². The molecule has 7 aromatic rings. The molecule has 2 aromatic heterocycles. The largest absolute Gasteiger partial charge is 0.313 e. The number of hydrogen-bond donors (Lipinski definition) is 0. The van der Waals surface area contributed by atoms with E-state index < -0.39 is 0 Å². The summed E-state index contributed by atoms with van der Waals surface area (Å²) in [5.74, 6) is 0. The van der Waals surface area contributed by atoms with Gasteiger partial charge >= 0.3 is 0 Å². The van der Waals surface area contributed by atoms with Gasteiger partial charge in [0.2, 0.25) is 0 Å². The van der Waals surface area contributed by atoms with Crippen molar-refractivity contribution in [2.24, 2.45) is 0 Å². The van der Waals surface area contributed by atoms with Gasteiger partial charge in [0.25, 0.3) is 0 Å². The van der Waals surface area contributed by atoms with E-state index in [1.54, 1.807) is 0 Å². The van der Waals surface area contributed by atoms with Gasteiger partial charge < -0.3 is 9.13 Å². The molecule has 3 nitrogen and oxygen atoms in total. The fraction of sp³-hybridized carbons (Fsp3) is 0.0682. The van der Waals surface area contributed by atoms with E-state index in [0.717, 1.165) is 35.4 Å². The van der Waals surface area contributed by atoms with Crippen molar-refractivity contribution in [1.82, 2.24) is 9.13 Å². The van der Waals surface area contributed by atoms with E-state index in [9.17, 15) is 5.26 Å². The van der Waals surface area contributed by atoms with Crippen LogP contribution in [0, 0.1) is 18.3 Å². The van der Waals surface area contributed by atoms with Crippen LogP contribution in [0.25, 0.3) is 73.7 Å². The lowest BCUT2D eigenvalue weighted by atomic mass is 9.94. The fourth-order valence-electron chi connectivity index (χ4n) is 7.50. The molecule has 2 aliphatic carbocycles. The Morgan fingerprint density at radius 1 is 0.681 bits per heavy atom. The number of nitriles is 1. The Morgan fingerprint density at radius 2 is 1.47 bits per heavy atom. The minimum atomic E-state index is 0.682. The summed E-state index contributed by atoms with van der Waals surface area (Å²) in [6.45, 7) is 2.20. The van der Waals surface area contributed by atoms with Gasteiger partial charge in [-0.2, -0.15) is 5.26 Å². The fourth-order valence-corrected chi connectivity index (χ4v) is 7.50. The molecule has 0 saturated carbocycles. The van der Waals surface area contributed by atoms with E-state index in [1.807, 2.05) is 24.3 Å². The summed E-state index contributed by atoms with van der Waals surface area (Å²) in [5.41, 5.74) is 22.4. The van der Waals surface area contributed by atoms with E-state index in [1.165, 1.54) is 60.9 Å². The van der Waals surface area contributed by atoms with Crippen molar-refractivity contribution in [1.29, 1.82) is 5.26 Å². The van der Waals surface area contributed by atoms with Gasteiger partial charge in [0.1, 0.15) is 0 Å². The molecule has 0 spiro atoms. The summed E-state index contributed by atoms with van der Waals surface area (Å²) < 4.78 is 4.70. The van der Waals surface area contributed by atoms with E-state index in [0.29, 0.717) is 5.56 Å². The molecule has 9 rings (SSSR count). The zero-order chi connectivity index (χ0) is 31.5. The molecular weight excluding hydrogens is 571 g/mol. The molecule has 47 heavy (non-hydrogen) atoms.